The average Bonchev–Trinajstić information content (AvgIpc) is 2.55. The normalized spacial score (nSPS) is 17.2. The molecule has 7 heteroatoms. The molecule has 5 nitrogen and oxygen atoms in total. The lowest BCUT2D eigenvalue weighted by Gasteiger charge is -2.21. The van der Waals surface area contributed by atoms with Gasteiger partial charge in [0.15, 0.2) is 0 Å². The van der Waals surface area contributed by atoms with Crippen LogP contribution in [0.4, 0.5) is 5.69 Å². The molecule has 24 heavy (non-hydrogen) atoms. The summed E-state index contributed by atoms with van der Waals surface area (Å²) in [4.78, 5) is 12.8. The maximum Gasteiger partial charge on any atom is 0.240 e. The lowest BCUT2D eigenvalue weighted by molar-refractivity contribution is -0.115. The Morgan fingerprint density at radius 2 is 1.88 bits per heavy atom. The third kappa shape index (κ3) is 3.63. The molecule has 1 aliphatic rings. The van der Waals surface area contributed by atoms with Gasteiger partial charge in [-0.25, -0.2) is 13.1 Å². The first-order valence-electron chi connectivity index (χ1n) is 7.52. The summed E-state index contributed by atoms with van der Waals surface area (Å²) in [6, 6.07) is 12.5. The number of carbonyl (C=O) groups is 1. The number of aryl methyl sites for hydroxylation is 1. The van der Waals surface area contributed by atoms with E-state index in [1.165, 1.54) is 17.8 Å². The van der Waals surface area contributed by atoms with Crippen LogP contribution in [-0.4, -0.2) is 19.6 Å². The van der Waals surface area contributed by atoms with Gasteiger partial charge in [-0.05, 0) is 37.6 Å². The third-order valence-electron chi connectivity index (χ3n) is 3.78. The van der Waals surface area contributed by atoms with Crippen molar-refractivity contribution in [1.29, 1.82) is 0 Å². The van der Waals surface area contributed by atoms with Gasteiger partial charge in [0.2, 0.25) is 15.9 Å². The van der Waals surface area contributed by atoms with Gasteiger partial charge >= 0.3 is 0 Å². The van der Waals surface area contributed by atoms with Crippen LogP contribution in [0.3, 0.4) is 0 Å². The Labute approximate surface area is 145 Å². The molecule has 2 aromatic rings. The number of nitrogens with one attached hydrogen (secondary N) is 2. The minimum Gasteiger partial charge on any atom is -0.324 e. The summed E-state index contributed by atoms with van der Waals surface area (Å²) in [7, 11) is -3.64. The Hall–Kier alpha value is -1.83. The lowest BCUT2D eigenvalue weighted by Crippen LogP contribution is -2.27. The van der Waals surface area contributed by atoms with Crippen molar-refractivity contribution >= 4 is 33.4 Å². The highest BCUT2D eigenvalue weighted by atomic mass is 32.2. The maximum absolute atomic E-state index is 12.5. The van der Waals surface area contributed by atoms with E-state index < -0.39 is 10.0 Å². The van der Waals surface area contributed by atoms with Crippen LogP contribution in [0, 0.1) is 6.92 Å². The molecule has 126 valence electrons. The number of thioether (sulfide) groups is 1. The molecular formula is C17H18N2O3S2. The molecule has 0 aromatic heterocycles. The van der Waals surface area contributed by atoms with Gasteiger partial charge in [0, 0.05) is 11.4 Å². The molecule has 1 atom stereocenters. The molecular weight excluding hydrogens is 344 g/mol. The van der Waals surface area contributed by atoms with Crippen molar-refractivity contribution in [3.63, 3.8) is 0 Å². The Morgan fingerprint density at radius 1 is 1.17 bits per heavy atom. The summed E-state index contributed by atoms with van der Waals surface area (Å²) in [6.07, 6.45) is 0. The van der Waals surface area contributed by atoms with E-state index in [1.54, 1.807) is 12.1 Å². The zero-order chi connectivity index (χ0) is 17.3. The molecule has 1 aliphatic heterocycles. The number of hydrogen-bond donors (Lipinski definition) is 2. The monoisotopic (exact) mass is 362 g/mol. The molecule has 0 saturated heterocycles. The van der Waals surface area contributed by atoms with Crippen LogP contribution in [-0.2, 0) is 21.4 Å². The fourth-order valence-electron chi connectivity index (χ4n) is 2.32. The summed E-state index contributed by atoms with van der Waals surface area (Å²) < 4.78 is 27.5. The van der Waals surface area contributed by atoms with E-state index in [4.69, 9.17) is 0 Å². The van der Waals surface area contributed by atoms with Crippen LogP contribution in [0.1, 0.15) is 18.1 Å². The third-order valence-corrected chi connectivity index (χ3v) is 6.36. The highest BCUT2D eigenvalue weighted by Gasteiger charge is 2.25. The van der Waals surface area contributed by atoms with Crippen molar-refractivity contribution < 1.29 is 13.2 Å². The zero-order valence-electron chi connectivity index (χ0n) is 13.4. The van der Waals surface area contributed by atoms with Crippen molar-refractivity contribution in [2.75, 3.05) is 5.32 Å². The highest BCUT2D eigenvalue weighted by Crippen LogP contribution is 2.36. The quantitative estimate of drug-likeness (QED) is 0.877. The Morgan fingerprint density at radius 3 is 2.58 bits per heavy atom. The fourth-order valence-corrected chi connectivity index (χ4v) is 4.30. The molecule has 0 aliphatic carbocycles. The fraction of sp³-hybridized carbons (Fsp3) is 0.235. The van der Waals surface area contributed by atoms with E-state index in [0.717, 1.165) is 16.0 Å². The van der Waals surface area contributed by atoms with Crippen LogP contribution in [0.25, 0.3) is 0 Å². The van der Waals surface area contributed by atoms with Crippen molar-refractivity contribution in [2.24, 2.45) is 0 Å². The number of sulfonamides is 1. The van der Waals surface area contributed by atoms with Crippen LogP contribution >= 0.6 is 11.8 Å². The molecule has 1 heterocycles. The summed E-state index contributed by atoms with van der Waals surface area (Å²) in [5, 5.41) is 2.57. The molecule has 0 unspecified atom stereocenters. The minimum atomic E-state index is -3.64. The zero-order valence-corrected chi connectivity index (χ0v) is 15.0. The first kappa shape index (κ1) is 17.0. The summed E-state index contributed by atoms with van der Waals surface area (Å²) in [5.41, 5.74) is 2.56. The van der Waals surface area contributed by atoms with Crippen molar-refractivity contribution in [3.8, 4) is 0 Å². The predicted molar refractivity (Wildman–Crippen MR) is 95.6 cm³/mol. The molecule has 0 saturated carbocycles. The molecule has 2 aromatic carbocycles. The number of rotatable bonds is 4. The molecule has 0 bridgehead atoms. The standard InChI is InChI=1S/C17H18N2O3S2/c1-11-3-5-13(6-4-11)10-18-24(21,22)14-7-8-16-15(9-14)19-17(20)12(2)23-16/h3-9,12,18H,10H2,1-2H3,(H,19,20)/t12-/m0/s1. The van der Waals surface area contributed by atoms with Crippen LogP contribution < -0.4 is 10.0 Å². The van der Waals surface area contributed by atoms with E-state index in [1.807, 2.05) is 38.1 Å². The number of hydrogen-bond acceptors (Lipinski definition) is 4. The van der Waals surface area contributed by atoms with E-state index in [9.17, 15) is 13.2 Å². The van der Waals surface area contributed by atoms with Crippen molar-refractivity contribution in [2.45, 2.75) is 35.4 Å². The topological polar surface area (TPSA) is 75.3 Å². The molecule has 0 spiro atoms. The Kier molecular flexibility index (Phi) is 4.67. The summed E-state index contributed by atoms with van der Waals surface area (Å²) >= 11 is 1.42. The molecule has 2 N–H and O–H groups in total. The van der Waals surface area contributed by atoms with E-state index >= 15 is 0 Å². The molecule has 0 fully saturated rings. The number of carbonyl (C=O) groups excluding carboxylic acids is 1. The predicted octanol–water partition coefficient (Wildman–Crippen LogP) is 2.91. The van der Waals surface area contributed by atoms with Crippen LogP contribution in [0.15, 0.2) is 52.3 Å². The molecule has 3 rings (SSSR count). The SMILES string of the molecule is Cc1ccc(CNS(=O)(=O)c2ccc3c(c2)NC(=O)[C@H](C)S3)cc1. The lowest BCUT2D eigenvalue weighted by atomic mass is 10.2. The van der Waals surface area contributed by atoms with Crippen LogP contribution in [0.5, 0.6) is 0 Å². The second kappa shape index (κ2) is 6.58. The summed E-state index contributed by atoms with van der Waals surface area (Å²) in [5.74, 6) is -0.116. The van der Waals surface area contributed by atoms with Gasteiger partial charge in [-0.3, -0.25) is 4.79 Å². The van der Waals surface area contributed by atoms with Crippen molar-refractivity contribution in [3.05, 3.63) is 53.6 Å². The molecule has 1 amide bonds. The Bertz CT molecular complexity index is 877. The second-order valence-corrected chi connectivity index (χ2v) is 8.87. The average molecular weight is 362 g/mol. The van der Waals surface area contributed by atoms with Gasteiger partial charge in [-0.15, -0.1) is 11.8 Å². The summed E-state index contributed by atoms with van der Waals surface area (Å²) in [6.45, 7) is 4.02. The van der Waals surface area contributed by atoms with Gasteiger partial charge in [-0.1, -0.05) is 29.8 Å². The highest BCUT2D eigenvalue weighted by molar-refractivity contribution is 8.01. The first-order chi connectivity index (χ1) is 11.3. The van der Waals surface area contributed by atoms with E-state index in [-0.39, 0.29) is 22.6 Å². The number of amides is 1. The smallest absolute Gasteiger partial charge is 0.240 e. The maximum atomic E-state index is 12.5. The number of benzene rings is 2. The van der Waals surface area contributed by atoms with Gasteiger partial charge in [0.05, 0.1) is 15.8 Å². The number of anilines is 1. The molecule has 0 radical (unpaired) electrons. The first-order valence-corrected chi connectivity index (χ1v) is 9.88. The van der Waals surface area contributed by atoms with Crippen molar-refractivity contribution in [1.82, 2.24) is 4.72 Å². The van der Waals surface area contributed by atoms with Gasteiger partial charge in [-0.2, -0.15) is 0 Å². The Balaban J connectivity index is 1.78. The van der Waals surface area contributed by atoms with Crippen LogP contribution in [0.2, 0.25) is 0 Å². The van der Waals surface area contributed by atoms with E-state index in [2.05, 4.69) is 10.0 Å². The van der Waals surface area contributed by atoms with Gasteiger partial charge in [0.1, 0.15) is 0 Å². The minimum absolute atomic E-state index is 0.116. The largest absolute Gasteiger partial charge is 0.324 e. The second-order valence-electron chi connectivity index (χ2n) is 5.72. The van der Waals surface area contributed by atoms with E-state index in [0.29, 0.717) is 5.69 Å². The van der Waals surface area contributed by atoms with Gasteiger partial charge in [0.25, 0.3) is 0 Å². The number of fused-ring (bicyclic) bond motifs is 1. The van der Waals surface area contributed by atoms with Gasteiger partial charge < -0.3 is 5.32 Å².